The van der Waals surface area contributed by atoms with Gasteiger partial charge in [-0.3, -0.25) is 4.79 Å². The highest BCUT2D eigenvalue weighted by atomic mass is 35.5. The van der Waals surface area contributed by atoms with Gasteiger partial charge in [0.2, 0.25) is 15.9 Å². The molecule has 18 rings (SSSR count). The largest absolute Gasteiger partial charge is 0.369 e. The first-order valence-electron chi connectivity index (χ1n) is 56.2. The molecule has 4 N–H and O–H groups in total. The molecular weight excluding hydrogens is 1940 g/mol. The smallest absolute Gasteiger partial charge is 0.320 e. The van der Waals surface area contributed by atoms with Crippen LogP contribution in [-0.4, -0.2) is 297 Å². The van der Waals surface area contributed by atoms with Gasteiger partial charge in [-0.05, 0) is 235 Å². The molecule has 27 heteroatoms. The number of carbonyl (C=O) groups excluding carboxylic acids is 3. The summed E-state index contributed by atoms with van der Waals surface area (Å²) in [4.78, 5) is 65.4. The Morgan fingerprint density at radius 2 is 0.638 bits per heavy atom. The Morgan fingerprint density at radius 3 is 0.980 bits per heavy atom. The highest BCUT2D eigenvalue weighted by Crippen LogP contribution is 2.37. The Kier molecular flexibility index (Phi) is 47.8. The lowest BCUT2D eigenvalue weighted by molar-refractivity contribution is -0.135. The van der Waals surface area contributed by atoms with Crippen LogP contribution < -0.4 is 60.5 Å². The monoisotopic (exact) mass is 2120 g/mol. The first-order valence-corrected chi connectivity index (χ1v) is 59.2. The van der Waals surface area contributed by atoms with Crippen LogP contribution in [0.1, 0.15) is 261 Å². The van der Waals surface area contributed by atoms with Crippen molar-refractivity contribution < 1.29 is 22.8 Å². The number of piperazine rings is 8. The van der Waals surface area contributed by atoms with Gasteiger partial charge in [0, 0.05) is 270 Å². The van der Waals surface area contributed by atoms with Crippen LogP contribution in [0.5, 0.6) is 0 Å². The maximum atomic E-state index is 12.5. The summed E-state index contributed by atoms with van der Waals surface area (Å²) >= 11 is 19.1. The first-order chi connectivity index (χ1) is 71.2. The maximum absolute atomic E-state index is 12.5. The van der Waals surface area contributed by atoms with Crippen molar-refractivity contribution in [2.24, 2.45) is 5.92 Å². The average molecular weight is 2120 g/mol. The van der Waals surface area contributed by atoms with Gasteiger partial charge in [-0.15, -0.1) is 0 Å². The third-order valence-corrected chi connectivity index (χ3v) is 33.0. The number of nitrogens with one attached hydrogen (secondary N) is 4. The fraction of sp³-hybridized carbons (Fsp3) is 0.582. The summed E-state index contributed by atoms with van der Waals surface area (Å²) in [6.07, 6.45) is 8.28. The van der Waals surface area contributed by atoms with Gasteiger partial charge in [-0.25, -0.2) is 18.0 Å². The topological polar surface area (TPSA) is 179 Å². The molecule has 23 nitrogen and oxygen atoms in total. The molecule has 1 unspecified atom stereocenters. The third kappa shape index (κ3) is 36.2. The number of hydrogen-bond acceptors (Lipinski definition) is 17. The van der Waals surface area contributed by atoms with Crippen LogP contribution in [0.25, 0.3) is 0 Å². The fourth-order valence-electron chi connectivity index (χ4n) is 20.8. The van der Waals surface area contributed by atoms with Gasteiger partial charge < -0.3 is 85.0 Å². The molecule has 0 spiro atoms. The molecule has 149 heavy (non-hydrogen) atoms. The molecule has 9 heterocycles. The number of nitrogens with zero attached hydrogens (tertiary/aromatic N) is 14. The van der Waals surface area contributed by atoms with Crippen molar-refractivity contribution in [1.29, 1.82) is 0 Å². The lowest BCUT2D eigenvalue weighted by Crippen LogP contribution is -2.52. The molecule has 9 saturated heterocycles. The molecule has 5 amide bonds. The van der Waals surface area contributed by atoms with E-state index in [1.807, 2.05) is 14.7 Å². The number of sulfonamides is 1. The Hall–Kier alpha value is -9.21. The van der Waals surface area contributed by atoms with Gasteiger partial charge in [-0.2, -0.15) is 4.31 Å². The van der Waals surface area contributed by atoms with E-state index in [1.54, 1.807) is 23.3 Å². The Labute approximate surface area is 914 Å². The number of aryl methyl sites for hydroxylation is 1. The molecule has 10 aliphatic rings. The minimum absolute atomic E-state index is 0.111. The van der Waals surface area contributed by atoms with E-state index in [2.05, 4.69) is 367 Å². The van der Waals surface area contributed by atoms with E-state index in [0.717, 1.165) is 237 Å². The molecule has 8 aromatic rings. The second-order valence-electron chi connectivity index (χ2n) is 44.8. The number of amides is 5. The number of benzene rings is 8. The molecular formula is C122H185Cl3N18O5S. The highest BCUT2D eigenvalue weighted by molar-refractivity contribution is 7.88. The fourth-order valence-corrected chi connectivity index (χ4v) is 22.6. The van der Waals surface area contributed by atoms with Crippen LogP contribution in [0.2, 0.25) is 15.1 Å². The van der Waals surface area contributed by atoms with Gasteiger partial charge in [0.05, 0.1) is 38.4 Å². The zero-order valence-electron chi connectivity index (χ0n) is 94.7. The Bertz CT molecular complexity index is 5290. The van der Waals surface area contributed by atoms with E-state index in [-0.39, 0.29) is 12.1 Å². The summed E-state index contributed by atoms with van der Waals surface area (Å²) < 4.78 is 24.5. The van der Waals surface area contributed by atoms with Crippen LogP contribution in [-0.2, 0) is 14.8 Å². The van der Waals surface area contributed by atoms with Crippen LogP contribution in [0, 0.1) is 12.8 Å². The summed E-state index contributed by atoms with van der Waals surface area (Å²) in [7, 11) is 0.567. The first kappa shape index (κ1) is 120. The molecule has 0 aromatic heterocycles. The van der Waals surface area contributed by atoms with Crippen LogP contribution in [0.15, 0.2) is 170 Å². The zero-order valence-corrected chi connectivity index (χ0v) is 97.8. The zero-order chi connectivity index (χ0) is 108. The van der Waals surface area contributed by atoms with Crippen molar-refractivity contribution in [3.63, 3.8) is 0 Å². The van der Waals surface area contributed by atoms with Crippen LogP contribution in [0.4, 0.5) is 55.1 Å². The minimum atomic E-state index is -3.04. The van der Waals surface area contributed by atoms with Gasteiger partial charge in [-0.1, -0.05) is 237 Å². The SMILES string of the molecule is CC(C)c1ccc(N2CCN(C(=O)C3CCCC3)CC2)cc1.CC(C)c1ccc(N2CCN(C(=O)N(C)C)CC2)cc1.CC(C)c1ccc(N2CCN(C(=O)N3CCCC3)CC2)cc1.CC(C)c1ccc(N2CCN(S(C)(=O)=O)CC2)cc1.CC(C)c1ccc(N2CCNCC2)c(Cl)c1.CC(C)c1ccc(N2CCNCC2C)c(Cl)c1.CC(C)c1ccc(N2CCN[C@@H](C)C2)c(Cl)c1.Cc1cc(C(C)C)ccc1N1CCNCC1. The van der Waals surface area contributed by atoms with Crippen LogP contribution in [0.3, 0.4) is 0 Å². The van der Waals surface area contributed by atoms with Crippen molar-refractivity contribution in [2.45, 2.75) is 230 Å². The molecule has 9 aliphatic heterocycles. The lowest BCUT2D eigenvalue weighted by atomic mass is 10.00. The molecule has 820 valence electrons. The van der Waals surface area contributed by atoms with Crippen molar-refractivity contribution in [2.75, 3.05) is 269 Å². The molecule has 1 saturated carbocycles. The summed E-state index contributed by atoms with van der Waals surface area (Å²) in [6.45, 7) is 71.9. The van der Waals surface area contributed by atoms with E-state index in [9.17, 15) is 22.8 Å². The summed E-state index contributed by atoms with van der Waals surface area (Å²) in [5, 5.41) is 16.2. The van der Waals surface area contributed by atoms with Crippen molar-refractivity contribution in [3.05, 3.63) is 235 Å². The minimum Gasteiger partial charge on any atom is -0.369 e. The average Bonchev–Trinajstić information content (AvgIpc) is 1.82. The van der Waals surface area contributed by atoms with Gasteiger partial charge in [0.1, 0.15) is 0 Å². The van der Waals surface area contributed by atoms with Crippen molar-refractivity contribution >= 4 is 108 Å². The van der Waals surface area contributed by atoms with Crippen molar-refractivity contribution in [3.8, 4) is 0 Å². The predicted octanol–water partition coefficient (Wildman–Crippen LogP) is 23.2. The number of carbonyl (C=O) groups is 3. The quantitative estimate of drug-likeness (QED) is 0.0637. The Balaban J connectivity index is 0.000000162. The molecule has 8 aromatic carbocycles. The molecule has 0 radical (unpaired) electrons. The van der Waals surface area contributed by atoms with E-state index in [0.29, 0.717) is 84.3 Å². The second-order valence-corrected chi connectivity index (χ2v) is 48.1. The molecule has 0 bridgehead atoms. The molecule has 1 aliphatic carbocycles. The van der Waals surface area contributed by atoms with E-state index in [4.69, 9.17) is 34.8 Å². The number of halogens is 3. The van der Waals surface area contributed by atoms with E-state index in [1.165, 1.54) is 115 Å². The van der Waals surface area contributed by atoms with Gasteiger partial charge in [0.15, 0.2) is 0 Å². The second kappa shape index (κ2) is 59.3. The third-order valence-electron chi connectivity index (χ3n) is 30.8. The summed E-state index contributed by atoms with van der Waals surface area (Å²) in [5.41, 5.74) is 22.2. The van der Waals surface area contributed by atoms with Crippen LogP contribution >= 0.6 is 34.8 Å². The maximum Gasteiger partial charge on any atom is 0.320 e. The number of rotatable bonds is 18. The molecule has 10 fully saturated rings. The number of hydrogen-bond donors (Lipinski definition) is 4. The number of anilines is 8. The Morgan fingerprint density at radius 1 is 0.329 bits per heavy atom. The molecule has 2 atom stereocenters. The van der Waals surface area contributed by atoms with E-state index < -0.39 is 10.0 Å². The predicted molar refractivity (Wildman–Crippen MR) is 636 cm³/mol. The lowest BCUT2D eigenvalue weighted by Gasteiger charge is -2.37. The highest BCUT2D eigenvalue weighted by Gasteiger charge is 2.33. The normalized spacial score (nSPS) is 18.6. The van der Waals surface area contributed by atoms with Gasteiger partial charge in [0.25, 0.3) is 0 Å². The number of likely N-dealkylation sites (tertiary alicyclic amines) is 1. The number of urea groups is 2. The standard InChI is InChI=1S/C19H28N2O.C18H27N3O.C16H25N3O.2C14H21ClN2.C14H22N2O2S.C14H22N2.C13H19ClN2/c1-15(2)16-7-9-18(10-8-16)20-11-13-21(14-12-20)19(22)17-5-3-4-6-17;1-15(2)16-5-7-17(8-6-16)19-11-13-21(14-12-19)18(22)20-9-3-4-10-20;1-13(2)14-5-7-15(8-6-14)18-9-11-19(12-10-18)16(20)17(3)4;1-10(2)12-4-5-14(13(15)8-12)17-7-6-16-11(3)9-17;1-10(2)12-4-5-14(13(15)8-12)17-7-6-16-9-11(17)3;1-12(2)13-4-6-14(7-5-13)15-8-10-16(11-9-15)19(3,17)18;1-11(2)13-4-5-14(12(3)10-13)16-8-6-15-7-9-16;1-10(2)11-3-4-13(12(14)9-11)16-7-5-15-6-8-16/h7-10,15,17H,3-6,11-14H2,1-2H3;5-8,15H,3-4,9-14H2,1-2H3;5-8,13H,9-12H2,1-4H3;2*4-5,8,10-11,16H,6-7,9H2,1-3H3;4-7,12H,8-11H2,1-3H3;4-5,10-11,15H,6-9H2,1-3H3;3-4,9-10,15H,5-8H2,1-2H3/t;;;11-;;;;/m...0..../s1. The van der Waals surface area contributed by atoms with E-state index >= 15 is 0 Å². The summed E-state index contributed by atoms with van der Waals surface area (Å²) in [5.74, 6) is 5.20. The van der Waals surface area contributed by atoms with Gasteiger partial charge >= 0.3 is 12.1 Å². The summed E-state index contributed by atoms with van der Waals surface area (Å²) in [6, 6.07) is 62.8. The van der Waals surface area contributed by atoms with Crippen molar-refractivity contribution in [1.82, 2.24) is 50.1 Å².